The molecule has 0 amide bonds. The van der Waals surface area contributed by atoms with Crippen molar-refractivity contribution in [2.24, 2.45) is 0 Å². The van der Waals surface area contributed by atoms with Gasteiger partial charge in [-0.25, -0.2) is 0 Å². The van der Waals surface area contributed by atoms with Crippen molar-refractivity contribution in [2.75, 3.05) is 14.2 Å². The monoisotopic (exact) mass is 510 g/mol. The Labute approximate surface area is 229 Å². The molecule has 7 rings (SSSR count). The standard InChI is InChI=1S/C36H30O3/c1-22-19-28(13-16-32(22)39-3)36(27-11-14-29(38-2)15-12-27)18-17-30-26(21-36)10-8-23-7-9-25-20-24-5-4-6-31(37)34(24)35(25)33(23)30/h4-20,35,37H,21H2,1-3H3. The Morgan fingerprint density at radius 3 is 2.38 bits per heavy atom. The van der Waals surface area contributed by atoms with Crippen molar-refractivity contribution in [3.63, 3.8) is 0 Å². The molecule has 2 atom stereocenters. The van der Waals surface area contributed by atoms with Gasteiger partial charge in [0.15, 0.2) is 0 Å². The molecular formula is C36H30O3. The van der Waals surface area contributed by atoms with E-state index in [0.717, 1.165) is 34.6 Å². The third-order valence-corrected chi connectivity index (χ3v) is 8.74. The van der Waals surface area contributed by atoms with Gasteiger partial charge in [0.05, 0.1) is 14.2 Å². The van der Waals surface area contributed by atoms with Gasteiger partial charge in [0.2, 0.25) is 0 Å². The van der Waals surface area contributed by atoms with Crippen LogP contribution < -0.4 is 9.47 Å². The summed E-state index contributed by atoms with van der Waals surface area (Å²) in [5, 5.41) is 10.9. The van der Waals surface area contributed by atoms with Gasteiger partial charge in [-0.1, -0.05) is 78.9 Å². The molecule has 0 aromatic heterocycles. The Morgan fingerprint density at radius 2 is 1.62 bits per heavy atom. The number of phenolic OH excluding ortho intramolecular Hbond substituents is 1. The number of aryl methyl sites for hydroxylation is 1. The van der Waals surface area contributed by atoms with Gasteiger partial charge >= 0.3 is 0 Å². The Bertz CT molecular complexity index is 1720. The maximum Gasteiger partial charge on any atom is 0.121 e. The molecule has 0 heterocycles. The molecular weight excluding hydrogens is 480 g/mol. The number of phenols is 1. The first-order chi connectivity index (χ1) is 19.0. The van der Waals surface area contributed by atoms with Crippen molar-refractivity contribution in [1.29, 1.82) is 0 Å². The van der Waals surface area contributed by atoms with E-state index in [4.69, 9.17) is 9.47 Å². The first-order valence-electron chi connectivity index (χ1n) is 13.4. The molecule has 0 saturated carbocycles. The summed E-state index contributed by atoms with van der Waals surface area (Å²) in [6, 6.07) is 25.3. The van der Waals surface area contributed by atoms with Crippen LogP contribution in [0.2, 0.25) is 0 Å². The molecule has 0 spiro atoms. The smallest absolute Gasteiger partial charge is 0.121 e. The van der Waals surface area contributed by atoms with Crippen LogP contribution in [0, 0.1) is 6.92 Å². The lowest BCUT2D eigenvalue weighted by Crippen LogP contribution is -2.31. The van der Waals surface area contributed by atoms with E-state index in [0.29, 0.717) is 5.75 Å². The maximum absolute atomic E-state index is 10.9. The third-order valence-electron chi connectivity index (χ3n) is 8.74. The number of allylic oxidation sites excluding steroid dienone is 3. The second-order valence-electron chi connectivity index (χ2n) is 10.7. The van der Waals surface area contributed by atoms with E-state index in [1.54, 1.807) is 20.3 Å². The van der Waals surface area contributed by atoms with E-state index in [1.165, 1.54) is 39.0 Å². The number of fused-ring (bicyclic) bond motifs is 7. The minimum Gasteiger partial charge on any atom is -0.508 e. The predicted octanol–water partition coefficient (Wildman–Crippen LogP) is 7.83. The normalized spacial score (nSPS) is 20.0. The second kappa shape index (κ2) is 8.78. The van der Waals surface area contributed by atoms with Gasteiger partial charge in [-0.15, -0.1) is 0 Å². The largest absolute Gasteiger partial charge is 0.508 e. The molecule has 3 heteroatoms. The van der Waals surface area contributed by atoms with Crippen LogP contribution in [0.1, 0.15) is 56.0 Å². The van der Waals surface area contributed by atoms with Gasteiger partial charge in [0.25, 0.3) is 0 Å². The van der Waals surface area contributed by atoms with Crippen LogP contribution in [0.5, 0.6) is 17.2 Å². The summed E-state index contributed by atoms with van der Waals surface area (Å²) >= 11 is 0. The van der Waals surface area contributed by atoms with Crippen molar-refractivity contribution in [2.45, 2.75) is 24.7 Å². The highest BCUT2D eigenvalue weighted by Gasteiger charge is 2.39. The summed E-state index contributed by atoms with van der Waals surface area (Å²) in [5.74, 6) is 2.14. The van der Waals surface area contributed by atoms with E-state index in [-0.39, 0.29) is 11.3 Å². The summed E-state index contributed by atoms with van der Waals surface area (Å²) in [5.41, 5.74) is 11.6. The van der Waals surface area contributed by atoms with Gasteiger partial charge in [-0.2, -0.15) is 0 Å². The second-order valence-corrected chi connectivity index (χ2v) is 10.7. The number of methoxy groups -OCH3 is 2. The lowest BCUT2D eigenvalue weighted by molar-refractivity contribution is 0.411. The molecule has 1 N–H and O–H groups in total. The summed E-state index contributed by atoms with van der Waals surface area (Å²) in [4.78, 5) is 0. The molecule has 4 aromatic rings. The summed E-state index contributed by atoms with van der Waals surface area (Å²) in [6.45, 7) is 2.10. The molecule has 4 aromatic carbocycles. The van der Waals surface area contributed by atoms with Crippen LogP contribution >= 0.6 is 0 Å². The zero-order valence-corrected chi connectivity index (χ0v) is 22.4. The number of ether oxygens (including phenoxy) is 2. The summed E-state index contributed by atoms with van der Waals surface area (Å²) in [7, 11) is 3.42. The highest BCUT2D eigenvalue weighted by Crippen LogP contribution is 2.52. The minimum absolute atomic E-state index is 0.0394. The van der Waals surface area contributed by atoms with Crippen molar-refractivity contribution >= 4 is 18.2 Å². The van der Waals surface area contributed by atoms with Crippen molar-refractivity contribution < 1.29 is 14.6 Å². The molecule has 39 heavy (non-hydrogen) atoms. The number of benzene rings is 4. The molecule has 192 valence electrons. The van der Waals surface area contributed by atoms with Crippen LogP contribution in [0.4, 0.5) is 0 Å². The van der Waals surface area contributed by atoms with Crippen LogP contribution in [-0.2, 0) is 11.8 Å². The average Bonchev–Trinajstić information content (AvgIpc) is 3.36. The van der Waals surface area contributed by atoms with Gasteiger partial charge in [-0.05, 0) is 87.7 Å². The third kappa shape index (κ3) is 3.50. The molecule has 0 bridgehead atoms. The number of hydrogen-bond acceptors (Lipinski definition) is 3. The Hall–Kier alpha value is -4.50. The number of aromatic hydroxyl groups is 1. The zero-order chi connectivity index (χ0) is 26.7. The lowest BCUT2D eigenvalue weighted by Gasteiger charge is -2.38. The van der Waals surface area contributed by atoms with Gasteiger partial charge < -0.3 is 14.6 Å². The van der Waals surface area contributed by atoms with E-state index >= 15 is 0 Å². The molecule has 2 unspecified atom stereocenters. The van der Waals surface area contributed by atoms with Crippen LogP contribution in [-0.4, -0.2) is 19.3 Å². The maximum atomic E-state index is 10.9. The first kappa shape index (κ1) is 23.6. The van der Waals surface area contributed by atoms with E-state index in [9.17, 15) is 5.11 Å². The van der Waals surface area contributed by atoms with Crippen LogP contribution in [0.25, 0.3) is 18.2 Å². The van der Waals surface area contributed by atoms with Crippen molar-refractivity contribution in [1.82, 2.24) is 0 Å². The fraction of sp³-hybridized carbons (Fsp3) is 0.167. The quantitative estimate of drug-likeness (QED) is 0.304. The lowest BCUT2D eigenvalue weighted by atomic mass is 9.65. The van der Waals surface area contributed by atoms with E-state index < -0.39 is 0 Å². The average molecular weight is 511 g/mol. The SMILES string of the molecule is COc1ccc(C2(c3ccc(OC)c(C)c3)C=Cc3c(ccc4c3C3C(=Cc5cccc(O)c53)C=C4)C2)cc1. The first-order valence-corrected chi connectivity index (χ1v) is 13.4. The zero-order valence-electron chi connectivity index (χ0n) is 22.4. The Kier molecular flexibility index (Phi) is 5.31. The highest BCUT2D eigenvalue weighted by atomic mass is 16.5. The molecule has 0 radical (unpaired) electrons. The Balaban J connectivity index is 1.42. The highest BCUT2D eigenvalue weighted by molar-refractivity contribution is 5.84. The predicted molar refractivity (Wildman–Crippen MR) is 158 cm³/mol. The van der Waals surface area contributed by atoms with Gasteiger partial charge in [-0.3, -0.25) is 0 Å². The fourth-order valence-electron chi connectivity index (χ4n) is 6.79. The van der Waals surface area contributed by atoms with Crippen LogP contribution in [0.15, 0.2) is 90.5 Å². The molecule has 3 aliphatic carbocycles. The molecule has 3 aliphatic rings. The van der Waals surface area contributed by atoms with E-state index in [2.05, 4.69) is 85.8 Å². The van der Waals surface area contributed by atoms with Crippen LogP contribution in [0.3, 0.4) is 0 Å². The minimum atomic E-state index is -0.344. The van der Waals surface area contributed by atoms with E-state index in [1.807, 2.05) is 18.2 Å². The molecule has 0 aliphatic heterocycles. The Morgan fingerprint density at radius 1 is 0.795 bits per heavy atom. The molecule has 0 saturated heterocycles. The van der Waals surface area contributed by atoms with Gasteiger partial charge in [0, 0.05) is 16.9 Å². The van der Waals surface area contributed by atoms with Crippen molar-refractivity contribution in [3.05, 3.63) is 141 Å². The number of rotatable bonds is 4. The summed E-state index contributed by atoms with van der Waals surface area (Å²) in [6.07, 6.45) is 12.2. The van der Waals surface area contributed by atoms with Gasteiger partial charge in [0.1, 0.15) is 17.2 Å². The summed E-state index contributed by atoms with van der Waals surface area (Å²) < 4.78 is 11.1. The fourth-order valence-corrected chi connectivity index (χ4v) is 6.79. The molecule has 3 nitrogen and oxygen atoms in total. The van der Waals surface area contributed by atoms with Crippen molar-refractivity contribution in [3.8, 4) is 17.2 Å². The molecule has 0 fully saturated rings. The number of hydrogen-bond donors (Lipinski definition) is 1. The topological polar surface area (TPSA) is 38.7 Å².